The van der Waals surface area contributed by atoms with Gasteiger partial charge in [-0.15, -0.1) is 0 Å². The SMILES string of the molecule is O=S1(=O)N=NON=NS1(=O)=O. The van der Waals surface area contributed by atoms with Gasteiger partial charge < -0.3 is 0 Å². The molecule has 0 spiro atoms. The Kier molecular flexibility index (Phi) is 1.60. The van der Waals surface area contributed by atoms with Crippen LogP contribution in [-0.2, 0) is 23.0 Å². The molecule has 11 heavy (non-hydrogen) atoms. The molecular formula is N4O5S2. The van der Waals surface area contributed by atoms with Gasteiger partial charge in [-0.3, -0.25) is 0 Å². The minimum atomic E-state index is -4.75. The van der Waals surface area contributed by atoms with Crippen molar-refractivity contribution in [1.82, 2.24) is 0 Å². The molecule has 1 aliphatic rings. The van der Waals surface area contributed by atoms with Crippen LogP contribution < -0.4 is 0 Å². The van der Waals surface area contributed by atoms with Gasteiger partial charge in [0.1, 0.15) is 0 Å². The highest BCUT2D eigenvalue weighted by molar-refractivity contribution is 8.66. The van der Waals surface area contributed by atoms with Crippen LogP contribution in [0.4, 0.5) is 0 Å². The van der Waals surface area contributed by atoms with Gasteiger partial charge >= 0.3 is 18.1 Å². The van der Waals surface area contributed by atoms with Crippen molar-refractivity contribution in [1.29, 1.82) is 0 Å². The molecule has 0 aromatic heterocycles. The summed E-state index contributed by atoms with van der Waals surface area (Å²) in [7, 11) is -9.50. The fourth-order valence-corrected chi connectivity index (χ4v) is 1.27. The Morgan fingerprint density at radius 2 is 1.18 bits per heavy atom. The highest BCUT2D eigenvalue weighted by atomic mass is 33.2. The monoisotopic (exact) mass is 200 g/mol. The van der Waals surface area contributed by atoms with Gasteiger partial charge in [-0.25, -0.2) is 4.94 Å². The molecule has 0 aromatic carbocycles. The zero-order valence-corrected chi connectivity index (χ0v) is 6.28. The van der Waals surface area contributed by atoms with Crippen molar-refractivity contribution in [2.75, 3.05) is 0 Å². The first-order chi connectivity index (χ1) is 4.96. The van der Waals surface area contributed by atoms with E-state index in [0.717, 1.165) is 0 Å². The predicted octanol–water partition coefficient (Wildman–Crippen LogP) is -0.674. The minimum Gasteiger partial charge on any atom is -0.202 e. The molecule has 1 heterocycles. The standard InChI is InChI=1S/N4O5S2/c5-10(6)3-1-9-2-4-11(10,7)8. The lowest BCUT2D eigenvalue weighted by Crippen LogP contribution is -2.07. The summed E-state index contributed by atoms with van der Waals surface area (Å²) in [5.41, 5.74) is 0. The first-order valence-corrected chi connectivity index (χ1v) is 5.36. The first-order valence-electron chi connectivity index (χ1n) is 1.96. The molecule has 0 N–H and O–H groups in total. The van der Waals surface area contributed by atoms with Crippen LogP contribution in [0.2, 0.25) is 0 Å². The lowest BCUT2D eigenvalue weighted by Gasteiger charge is -1.84. The molecule has 0 fully saturated rings. The molecule has 0 aromatic rings. The van der Waals surface area contributed by atoms with Crippen LogP contribution in [0.3, 0.4) is 0 Å². The van der Waals surface area contributed by atoms with E-state index in [1.54, 1.807) is 0 Å². The lowest BCUT2D eigenvalue weighted by atomic mass is 12.9. The second-order valence-corrected chi connectivity index (χ2v) is 5.83. The van der Waals surface area contributed by atoms with Crippen molar-refractivity contribution in [3.8, 4) is 0 Å². The van der Waals surface area contributed by atoms with Crippen LogP contribution in [0.15, 0.2) is 19.6 Å². The molecule has 0 saturated carbocycles. The van der Waals surface area contributed by atoms with Crippen LogP contribution >= 0.6 is 0 Å². The van der Waals surface area contributed by atoms with Crippen molar-refractivity contribution >= 4 is 18.1 Å². The Bertz CT molecular complexity index is 356. The smallest absolute Gasteiger partial charge is 0.202 e. The summed E-state index contributed by atoms with van der Waals surface area (Å²) >= 11 is 0. The summed E-state index contributed by atoms with van der Waals surface area (Å²) in [4.78, 5) is 3.62. The minimum absolute atomic E-state index is 2.31. The first kappa shape index (κ1) is 8.00. The zero-order chi connectivity index (χ0) is 8.54. The Morgan fingerprint density at radius 1 is 0.818 bits per heavy atom. The molecule has 0 bridgehead atoms. The van der Waals surface area contributed by atoms with E-state index in [0.29, 0.717) is 0 Å². The molecular weight excluding hydrogens is 200 g/mol. The Hall–Kier alpha value is -1.10. The average molecular weight is 200 g/mol. The second-order valence-electron chi connectivity index (χ2n) is 1.26. The van der Waals surface area contributed by atoms with Gasteiger partial charge in [0.05, 0.1) is 10.6 Å². The van der Waals surface area contributed by atoms with E-state index in [4.69, 9.17) is 0 Å². The molecule has 0 aliphatic carbocycles. The maximum Gasteiger partial charge on any atom is 0.401 e. The van der Waals surface area contributed by atoms with E-state index < -0.39 is 18.1 Å². The van der Waals surface area contributed by atoms with Crippen LogP contribution in [0.1, 0.15) is 0 Å². The van der Waals surface area contributed by atoms with Crippen LogP contribution in [0.25, 0.3) is 0 Å². The third-order valence-electron chi connectivity index (χ3n) is 0.606. The van der Waals surface area contributed by atoms with E-state index in [9.17, 15) is 16.8 Å². The molecule has 0 saturated heterocycles. The van der Waals surface area contributed by atoms with E-state index in [1.165, 1.54) is 0 Å². The second kappa shape index (κ2) is 2.20. The van der Waals surface area contributed by atoms with Gasteiger partial charge in [-0.05, 0) is 9.04 Å². The number of hydrogen-bond donors (Lipinski definition) is 0. The fraction of sp³-hybridized carbons (Fsp3) is 0. The van der Waals surface area contributed by atoms with Gasteiger partial charge in [0.15, 0.2) is 0 Å². The highest BCUT2D eigenvalue weighted by Gasteiger charge is 2.31. The topological polar surface area (TPSA) is 127 Å². The summed E-state index contributed by atoms with van der Waals surface area (Å²) in [6, 6.07) is 0. The molecule has 0 radical (unpaired) electrons. The number of nitrogens with zero attached hydrogens (tertiary/aromatic N) is 4. The summed E-state index contributed by atoms with van der Waals surface area (Å²) < 4.78 is 46.4. The summed E-state index contributed by atoms with van der Waals surface area (Å²) in [6.45, 7) is 0. The van der Waals surface area contributed by atoms with Crippen molar-refractivity contribution in [3.63, 3.8) is 0 Å². The quantitative estimate of drug-likeness (QED) is 0.479. The van der Waals surface area contributed by atoms with Gasteiger partial charge in [0, 0.05) is 0 Å². The molecule has 0 unspecified atom stereocenters. The van der Waals surface area contributed by atoms with Gasteiger partial charge in [0.25, 0.3) is 0 Å². The van der Waals surface area contributed by atoms with Crippen LogP contribution in [-0.4, -0.2) is 16.8 Å². The fourth-order valence-electron chi connectivity index (χ4n) is 0.212. The van der Waals surface area contributed by atoms with E-state index in [-0.39, 0.29) is 0 Å². The maximum absolute atomic E-state index is 10.4. The van der Waals surface area contributed by atoms with E-state index in [2.05, 4.69) is 24.5 Å². The Labute approximate surface area is 60.2 Å². The lowest BCUT2D eigenvalue weighted by molar-refractivity contribution is 0.122. The zero-order valence-electron chi connectivity index (χ0n) is 4.65. The van der Waals surface area contributed by atoms with Gasteiger partial charge in [-0.1, -0.05) is 0 Å². The number of rotatable bonds is 0. The molecule has 9 nitrogen and oxygen atoms in total. The van der Waals surface area contributed by atoms with Crippen molar-refractivity contribution in [2.45, 2.75) is 0 Å². The van der Waals surface area contributed by atoms with Crippen molar-refractivity contribution < 1.29 is 21.8 Å². The molecule has 0 amide bonds. The Balaban J connectivity index is 3.47. The molecule has 0 atom stereocenters. The summed E-state index contributed by atoms with van der Waals surface area (Å²) in [5.74, 6) is 0. The summed E-state index contributed by atoms with van der Waals surface area (Å²) in [6.07, 6.45) is 0. The van der Waals surface area contributed by atoms with Gasteiger partial charge in [-0.2, -0.15) is 16.8 Å². The van der Waals surface area contributed by atoms with Crippen LogP contribution in [0.5, 0.6) is 0 Å². The molecule has 1 aliphatic heterocycles. The van der Waals surface area contributed by atoms with Crippen LogP contribution in [0, 0.1) is 0 Å². The van der Waals surface area contributed by atoms with Gasteiger partial charge in [0.2, 0.25) is 0 Å². The molecule has 1 rings (SSSR count). The van der Waals surface area contributed by atoms with Crippen molar-refractivity contribution in [3.05, 3.63) is 0 Å². The third-order valence-corrected chi connectivity index (χ3v) is 3.67. The maximum atomic E-state index is 10.4. The Morgan fingerprint density at radius 3 is 1.55 bits per heavy atom. The van der Waals surface area contributed by atoms with Crippen molar-refractivity contribution in [2.24, 2.45) is 19.6 Å². The summed E-state index contributed by atoms with van der Waals surface area (Å²) in [5, 5.41) is 4.83. The normalized spacial score (nSPS) is 25.5. The number of hydrogen-bond acceptors (Lipinski definition) is 7. The average Bonchev–Trinajstić information content (AvgIpc) is 1.94. The van der Waals surface area contributed by atoms with E-state index >= 15 is 0 Å². The van der Waals surface area contributed by atoms with E-state index in [1.807, 2.05) is 0 Å². The molecule has 11 heteroatoms. The largest absolute Gasteiger partial charge is 0.401 e. The highest BCUT2D eigenvalue weighted by Crippen LogP contribution is 2.11. The molecule has 62 valence electrons. The third kappa shape index (κ3) is 1.32. The predicted molar refractivity (Wildman–Crippen MR) is 28.6 cm³/mol.